The Kier molecular flexibility index (Phi) is 6.43. The molecule has 0 saturated carbocycles. The molecule has 0 aliphatic heterocycles. The maximum Gasteiger partial charge on any atom is 0.0748 e. The smallest absolute Gasteiger partial charge is 0.0748 e. The minimum atomic E-state index is 0.498. The molecule has 0 heterocycles. The van der Waals surface area contributed by atoms with Gasteiger partial charge in [-0.2, -0.15) is 0 Å². The number of nitrogens with two attached hydrogens (primary N) is 2. The van der Waals surface area contributed by atoms with Crippen molar-refractivity contribution in [2.45, 2.75) is 26.7 Å². The molecule has 1 aromatic carbocycles. The number of hydrogen-bond acceptors (Lipinski definition) is 4. The van der Waals surface area contributed by atoms with E-state index < -0.39 is 0 Å². The summed E-state index contributed by atoms with van der Waals surface area (Å²) in [5, 5.41) is 1.43. The molecule has 0 amide bonds. The predicted octanol–water partition coefficient (Wildman–Crippen LogP) is 3.36. The van der Waals surface area contributed by atoms with E-state index in [0.29, 0.717) is 17.3 Å². The molecule has 4 nitrogen and oxygen atoms in total. The summed E-state index contributed by atoms with van der Waals surface area (Å²) >= 11 is 0. The molecular formula is C17H24N4. The van der Waals surface area contributed by atoms with Crippen molar-refractivity contribution in [2.24, 2.45) is 16.6 Å². The second kappa shape index (κ2) is 8.07. The first-order valence-corrected chi connectivity index (χ1v) is 6.89. The average Bonchev–Trinajstić information content (AvgIpc) is 2.47. The molecule has 0 bridgehead atoms. The maximum atomic E-state index is 6.09. The summed E-state index contributed by atoms with van der Waals surface area (Å²) < 4.78 is 0. The van der Waals surface area contributed by atoms with Gasteiger partial charge >= 0.3 is 0 Å². The fourth-order valence-electron chi connectivity index (χ4n) is 1.82. The molecule has 0 aromatic heterocycles. The number of benzene rings is 1. The molecular weight excluding hydrogens is 260 g/mol. The molecule has 0 aliphatic carbocycles. The Hall–Kier alpha value is -2.33. The molecule has 1 aromatic rings. The monoisotopic (exact) mass is 284 g/mol. The molecule has 0 atom stereocenters. The van der Waals surface area contributed by atoms with Crippen LogP contribution >= 0.6 is 0 Å². The van der Waals surface area contributed by atoms with Gasteiger partial charge < -0.3 is 5.73 Å². The van der Waals surface area contributed by atoms with Gasteiger partial charge in [0.1, 0.15) is 0 Å². The number of hydrazine groups is 1. The lowest BCUT2D eigenvalue weighted by Crippen LogP contribution is -2.24. The van der Waals surface area contributed by atoms with Crippen molar-refractivity contribution in [3.8, 4) is 0 Å². The van der Waals surface area contributed by atoms with Gasteiger partial charge in [0.2, 0.25) is 0 Å². The molecule has 0 radical (unpaired) electrons. The van der Waals surface area contributed by atoms with E-state index in [2.05, 4.69) is 37.7 Å². The first kappa shape index (κ1) is 16.7. The van der Waals surface area contributed by atoms with Crippen molar-refractivity contribution in [1.29, 1.82) is 0 Å². The van der Waals surface area contributed by atoms with Gasteiger partial charge in [0.25, 0.3) is 0 Å². The van der Waals surface area contributed by atoms with Crippen molar-refractivity contribution in [3.63, 3.8) is 0 Å². The van der Waals surface area contributed by atoms with Crippen molar-refractivity contribution in [3.05, 3.63) is 65.6 Å². The summed E-state index contributed by atoms with van der Waals surface area (Å²) in [5.74, 6) is 6.47. The molecule has 0 fully saturated rings. The van der Waals surface area contributed by atoms with Gasteiger partial charge in [0.15, 0.2) is 0 Å². The van der Waals surface area contributed by atoms with Gasteiger partial charge in [-0.3, -0.25) is 10.0 Å². The second-order valence-corrected chi connectivity index (χ2v) is 5.00. The molecule has 0 unspecified atom stereocenters. The van der Waals surface area contributed by atoms with E-state index in [1.54, 1.807) is 12.4 Å². The fourth-order valence-corrected chi connectivity index (χ4v) is 1.82. The van der Waals surface area contributed by atoms with E-state index in [9.17, 15) is 0 Å². The van der Waals surface area contributed by atoms with E-state index in [1.165, 1.54) is 10.6 Å². The SMILES string of the molecule is C=N/C=C(\C=C/C)N(N)/C=C(\N)c1ccc(C(C)C)cc1. The molecule has 4 N–H and O–H groups in total. The van der Waals surface area contributed by atoms with Crippen molar-refractivity contribution < 1.29 is 0 Å². The van der Waals surface area contributed by atoms with Gasteiger partial charge in [-0.15, -0.1) is 0 Å². The molecule has 0 saturated heterocycles. The lowest BCUT2D eigenvalue weighted by Gasteiger charge is -2.16. The van der Waals surface area contributed by atoms with E-state index in [1.807, 2.05) is 31.2 Å². The zero-order chi connectivity index (χ0) is 15.8. The Morgan fingerprint density at radius 2 is 1.90 bits per heavy atom. The molecule has 0 aliphatic rings. The maximum absolute atomic E-state index is 6.09. The highest BCUT2D eigenvalue weighted by atomic mass is 15.4. The Morgan fingerprint density at radius 3 is 2.38 bits per heavy atom. The Morgan fingerprint density at radius 1 is 1.29 bits per heavy atom. The highest BCUT2D eigenvalue weighted by Gasteiger charge is 2.03. The van der Waals surface area contributed by atoms with Crippen LogP contribution in [0.25, 0.3) is 5.70 Å². The van der Waals surface area contributed by atoms with Crippen LogP contribution in [-0.2, 0) is 0 Å². The largest absolute Gasteiger partial charge is 0.397 e. The van der Waals surface area contributed by atoms with Gasteiger partial charge in [-0.05, 0) is 36.8 Å². The third-order valence-electron chi connectivity index (χ3n) is 3.05. The van der Waals surface area contributed by atoms with Gasteiger partial charge in [-0.25, -0.2) is 5.84 Å². The molecule has 4 heteroatoms. The van der Waals surface area contributed by atoms with Crippen LogP contribution in [0.15, 0.2) is 59.5 Å². The quantitative estimate of drug-likeness (QED) is 0.364. The van der Waals surface area contributed by atoms with E-state index in [4.69, 9.17) is 11.6 Å². The topological polar surface area (TPSA) is 67.6 Å². The second-order valence-electron chi connectivity index (χ2n) is 5.00. The average molecular weight is 284 g/mol. The minimum absolute atomic E-state index is 0.498. The normalized spacial score (nSPS) is 13.0. The van der Waals surface area contributed by atoms with Gasteiger partial charge in [0.05, 0.1) is 17.6 Å². The highest BCUT2D eigenvalue weighted by Crippen LogP contribution is 2.17. The third kappa shape index (κ3) is 4.93. The van der Waals surface area contributed by atoms with Crippen molar-refractivity contribution >= 4 is 12.4 Å². The number of nitrogens with zero attached hydrogens (tertiary/aromatic N) is 2. The van der Waals surface area contributed by atoms with Crippen LogP contribution < -0.4 is 11.6 Å². The molecule has 0 spiro atoms. The molecule has 21 heavy (non-hydrogen) atoms. The number of aliphatic imine (C=N–C) groups is 1. The number of hydrogen-bond donors (Lipinski definition) is 2. The first-order valence-electron chi connectivity index (χ1n) is 6.89. The summed E-state index contributed by atoms with van der Waals surface area (Å²) in [5.41, 5.74) is 9.60. The fraction of sp³-hybridized carbons (Fsp3) is 0.235. The van der Waals surface area contributed by atoms with Crippen LogP contribution in [0.4, 0.5) is 0 Å². The highest BCUT2D eigenvalue weighted by molar-refractivity contribution is 5.62. The summed E-state index contributed by atoms with van der Waals surface area (Å²) in [7, 11) is 0. The first-order chi connectivity index (χ1) is 9.99. The minimum Gasteiger partial charge on any atom is -0.397 e. The molecule has 112 valence electrons. The van der Waals surface area contributed by atoms with E-state index in [0.717, 1.165) is 5.56 Å². The zero-order valence-corrected chi connectivity index (χ0v) is 13.0. The van der Waals surface area contributed by atoms with Crippen molar-refractivity contribution in [1.82, 2.24) is 5.01 Å². The lowest BCUT2D eigenvalue weighted by atomic mass is 10.0. The third-order valence-corrected chi connectivity index (χ3v) is 3.05. The van der Waals surface area contributed by atoms with Gasteiger partial charge in [0, 0.05) is 6.20 Å². The van der Waals surface area contributed by atoms with Crippen LogP contribution in [0, 0.1) is 0 Å². The number of allylic oxidation sites excluding steroid dienone is 2. The summed E-state index contributed by atoms with van der Waals surface area (Å²) in [6, 6.07) is 8.16. The predicted molar refractivity (Wildman–Crippen MR) is 91.2 cm³/mol. The van der Waals surface area contributed by atoms with Gasteiger partial charge in [-0.1, -0.05) is 44.2 Å². The Labute approximate surface area is 127 Å². The standard InChI is InChI=1S/C17H24N4/c1-5-6-16(11-20-4)21(19)12-17(18)15-9-7-14(8-10-15)13(2)3/h5-13H,4,18-19H2,1-3H3/b6-5-,16-11+,17-12-. The Bertz CT molecular complexity index is 551. The van der Waals surface area contributed by atoms with E-state index >= 15 is 0 Å². The number of rotatable bonds is 6. The van der Waals surface area contributed by atoms with Crippen LogP contribution in [0.1, 0.15) is 37.8 Å². The summed E-state index contributed by atoms with van der Waals surface area (Å²) in [6.45, 7) is 9.66. The molecule has 1 rings (SSSR count). The Balaban J connectivity index is 2.97. The van der Waals surface area contributed by atoms with E-state index in [-0.39, 0.29) is 0 Å². The van der Waals surface area contributed by atoms with Crippen LogP contribution in [0.3, 0.4) is 0 Å². The van der Waals surface area contributed by atoms with Crippen LogP contribution in [0.2, 0.25) is 0 Å². The zero-order valence-electron chi connectivity index (χ0n) is 13.0. The van der Waals surface area contributed by atoms with Crippen LogP contribution in [-0.4, -0.2) is 11.7 Å². The van der Waals surface area contributed by atoms with Crippen LogP contribution in [0.5, 0.6) is 0 Å². The van der Waals surface area contributed by atoms with Crippen molar-refractivity contribution in [2.75, 3.05) is 0 Å². The summed E-state index contributed by atoms with van der Waals surface area (Å²) in [6.07, 6.45) is 6.95. The lowest BCUT2D eigenvalue weighted by molar-refractivity contribution is 0.508. The summed E-state index contributed by atoms with van der Waals surface area (Å²) in [4.78, 5) is 3.73.